The van der Waals surface area contributed by atoms with Crippen LogP contribution >= 0.6 is 11.3 Å². The number of hydrogen-bond acceptors (Lipinski definition) is 4. The highest BCUT2D eigenvalue weighted by Gasteiger charge is 2.21. The second-order valence-corrected chi connectivity index (χ2v) is 7.22. The first-order valence-electron chi connectivity index (χ1n) is 8.82. The van der Waals surface area contributed by atoms with E-state index in [-0.39, 0.29) is 17.7 Å². The molecule has 0 radical (unpaired) electrons. The number of thiazole rings is 1. The lowest BCUT2D eigenvalue weighted by Crippen LogP contribution is -2.45. The van der Waals surface area contributed by atoms with Gasteiger partial charge >= 0.3 is 0 Å². The van der Waals surface area contributed by atoms with Crippen LogP contribution in [0.1, 0.15) is 55.1 Å². The van der Waals surface area contributed by atoms with Crippen LogP contribution in [0.25, 0.3) is 10.6 Å². The molecule has 2 aromatic rings. The zero-order chi connectivity index (χ0) is 17.6. The van der Waals surface area contributed by atoms with Crippen molar-refractivity contribution in [2.24, 2.45) is 5.92 Å². The first kappa shape index (κ1) is 17.6. The summed E-state index contributed by atoms with van der Waals surface area (Å²) in [5.74, 6) is -0.465. The Morgan fingerprint density at radius 2 is 1.84 bits per heavy atom. The van der Waals surface area contributed by atoms with Gasteiger partial charge in [0.2, 0.25) is 5.91 Å². The molecule has 0 bridgehead atoms. The number of benzene rings is 1. The fraction of sp³-hybridized carbons (Fsp3) is 0.421. The van der Waals surface area contributed by atoms with Crippen LogP contribution in [0.3, 0.4) is 0 Å². The first-order valence-corrected chi connectivity index (χ1v) is 9.70. The second-order valence-electron chi connectivity index (χ2n) is 6.37. The van der Waals surface area contributed by atoms with E-state index in [0.29, 0.717) is 5.69 Å². The number of nitrogens with zero attached hydrogens (tertiary/aromatic N) is 1. The zero-order valence-electron chi connectivity index (χ0n) is 14.4. The molecule has 0 aliphatic heterocycles. The minimum atomic E-state index is -0.378. The standard InChI is InChI=1S/C19H23N3O2S/c1-2-13-8-10-15(11-9-13)19-20-16(12-25-19)18(24)22-21-17(23)14-6-4-3-5-7-14/h8-12,14H,2-7H2,1H3,(H,21,23)(H,22,24). The zero-order valence-corrected chi connectivity index (χ0v) is 15.2. The van der Waals surface area contributed by atoms with Crippen LogP contribution in [0, 0.1) is 5.92 Å². The molecule has 1 saturated carbocycles. The highest BCUT2D eigenvalue weighted by Crippen LogP contribution is 2.25. The van der Waals surface area contributed by atoms with Gasteiger partial charge < -0.3 is 0 Å². The van der Waals surface area contributed by atoms with E-state index in [0.717, 1.165) is 42.7 Å². The number of hydrogen-bond donors (Lipinski definition) is 2. The highest BCUT2D eigenvalue weighted by atomic mass is 32.1. The van der Waals surface area contributed by atoms with Crippen molar-refractivity contribution >= 4 is 23.2 Å². The van der Waals surface area contributed by atoms with Crippen molar-refractivity contribution in [1.29, 1.82) is 0 Å². The molecule has 25 heavy (non-hydrogen) atoms. The van der Waals surface area contributed by atoms with Gasteiger partial charge in [-0.1, -0.05) is 50.5 Å². The van der Waals surface area contributed by atoms with E-state index in [1.165, 1.54) is 23.3 Å². The predicted octanol–water partition coefficient (Wildman–Crippen LogP) is 3.71. The van der Waals surface area contributed by atoms with Gasteiger partial charge in [-0.25, -0.2) is 4.98 Å². The van der Waals surface area contributed by atoms with Crippen LogP contribution in [0.4, 0.5) is 0 Å². The summed E-state index contributed by atoms with van der Waals surface area (Å²) in [6, 6.07) is 8.18. The van der Waals surface area contributed by atoms with Crippen molar-refractivity contribution in [2.75, 3.05) is 0 Å². The van der Waals surface area contributed by atoms with Crippen molar-refractivity contribution in [3.05, 3.63) is 40.9 Å². The quantitative estimate of drug-likeness (QED) is 0.820. The number of carbonyl (C=O) groups excluding carboxylic acids is 2. The molecule has 1 aliphatic carbocycles. The molecular weight excluding hydrogens is 334 g/mol. The van der Waals surface area contributed by atoms with Crippen LogP contribution < -0.4 is 10.9 Å². The lowest BCUT2D eigenvalue weighted by Gasteiger charge is -2.20. The van der Waals surface area contributed by atoms with Crippen molar-refractivity contribution in [3.8, 4) is 10.6 Å². The topological polar surface area (TPSA) is 71.1 Å². The molecule has 132 valence electrons. The van der Waals surface area contributed by atoms with Crippen LogP contribution in [-0.2, 0) is 11.2 Å². The van der Waals surface area contributed by atoms with Gasteiger partial charge in [0.15, 0.2) is 0 Å². The monoisotopic (exact) mass is 357 g/mol. The maximum absolute atomic E-state index is 12.2. The van der Waals surface area contributed by atoms with Gasteiger partial charge in [0.1, 0.15) is 10.7 Å². The van der Waals surface area contributed by atoms with E-state index >= 15 is 0 Å². The van der Waals surface area contributed by atoms with Crippen LogP contribution in [0.2, 0.25) is 0 Å². The van der Waals surface area contributed by atoms with Crippen molar-refractivity contribution < 1.29 is 9.59 Å². The highest BCUT2D eigenvalue weighted by molar-refractivity contribution is 7.13. The summed E-state index contributed by atoms with van der Waals surface area (Å²) >= 11 is 1.42. The normalized spacial score (nSPS) is 14.9. The van der Waals surface area contributed by atoms with E-state index in [9.17, 15) is 9.59 Å². The Bertz CT molecular complexity index is 733. The van der Waals surface area contributed by atoms with Crippen LogP contribution in [-0.4, -0.2) is 16.8 Å². The van der Waals surface area contributed by atoms with Crippen LogP contribution in [0.5, 0.6) is 0 Å². The molecule has 1 aromatic carbocycles. The van der Waals surface area contributed by atoms with E-state index in [4.69, 9.17) is 0 Å². The summed E-state index contributed by atoms with van der Waals surface area (Å²) in [7, 11) is 0. The number of nitrogens with one attached hydrogen (secondary N) is 2. The fourth-order valence-corrected chi connectivity index (χ4v) is 3.85. The molecule has 3 rings (SSSR count). The molecule has 1 aliphatic rings. The summed E-state index contributed by atoms with van der Waals surface area (Å²) in [5.41, 5.74) is 7.61. The maximum Gasteiger partial charge on any atom is 0.289 e. The Morgan fingerprint density at radius 3 is 2.52 bits per heavy atom. The van der Waals surface area contributed by atoms with Gasteiger partial charge in [-0.15, -0.1) is 11.3 Å². The third-order valence-electron chi connectivity index (χ3n) is 4.62. The van der Waals surface area contributed by atoms with Gasteiger partial charge in [-0.3, -0.25) is 20.4 Å². The number of hydrazine groups is 1. The van der Waals surface area contributed by atoms with Crippen molar-refractivity contribution in [2.45, 2.75) is 45.4 Å². The van der Waals surface area contributed by atoms with E-state index in [2.05, 4.69) is 34.9 Å². The molecule has 2 N–H and O–H groups in total. The molecule has 0 saturated heterocycles. The summed E-state index contributed by atoms with van der Waals surface area (Å²) in [4.78, 5) is 28.7. The summed E-state index contributed by atoms with van der Waals surface area (Å²) in [5, 5.41) is 2.51. The van der Waals surface area contributed by atoms with Gasteiger partial charge in [-0.05, 0) is 24.8 Å². The molecule has 1 fully saturated rings. The third-order valence-corrected chi connectivity index (χ3v) is 5.51. The molecule has 2 amide bonds. The Labute approximate surface area is 151 Å². The molecular formula is C19H23N3O2S. The number of aromatic nitrogens is 1. The molecule has 6 heteroatoms. The Hall–Kier alpha value is -2.21. The average Bonchev–Trinajstić information content (AvgIpc) is 3.17. The second kappa shape index (κ2) is 8.25. The number of carbonyl (C=O) groups is 2. The third kappa shape index (κ3) is 4.45. The molecule has 1 heterocycles. The van der Waals surface area contributed by atoms with Gasteiger partial charge in [-0.2, -0.15) is 0 Å². The largest absolute Gasteiger partial charge is 0.289 e. The van der Waals surface area contributed by atoms with Gasteiger partial charge in [0, 0.05) is 16.9 Å². The number of amides is 2. The Morgan fingerprint density at radius 1 is 1.12 bits per heavy atom. The summed E-state index contributed by atoms with van der Waals surface area (Å²) in [6.45, 7) is 2.11. The smallest absolute Gasteiger partial charge is 0.273 e. The van der Waals surface area contributed by atoms with Crippen LogP contribution in [0.15, 0.2) is 29.6 Å². The minimum absolute atomic E-state index is 0.0112. The van der Waals surface area contributed by atoms with Crippen molar-refractivity contribution in [3.63, 3.8) is 0 Å². The molecule has 5 nitrogen and oxygen atoms in total. The van der Waals surface area contributed by atoms with E-state index < -0.39 is 0 Å². The molecule has 1 aromatic heterocycles. The average molecular weight is 357 g/mol. The summed E-state index contributed by atoms with van der Waals surface area (Å²) in [6.07, 6.45) is 6.15. The summed E-state index contributed by atoms with van der Waals surface area (Å²) < 4.78 is 0. The van der Waals surface area contributed by atoms with Gasteiger partial charge in [0.25, 0.3) is 5.91 Å². The molecule has 0 unspecified atom stereocenters. The molecule has 0 atom stereocenters. The lowest BCUT2D eigenvalue weighted by atomic mass is 9.89. The predicted molar refractivity (Wildman–Crippen MR) is 99.1 cm³/mol. The Kier molecular flexibility index (Phi) is 5.81. The van der Waals surface area contributed by atoms with E-state index in [1.807, 2.05) is 12.1 Å². The first-order chi connectivity index (χ1) is 12.2. The lowest BCUT2D eigenvalue weighted by molar-refractivity contribution is -0.126. The fourth-order valence-electron chi connectivity index (χ4n) is 3.04. The van der Waals surface area contributed by atoms with Gasteiger partial charge in [0.05, 0.1) is 0 Å². The maximum atomic E-state index is 12.2. The minimum Gasteiger partial charge on any atom is -0.273 e. The van der Waals surface area contributed by atoms with Crippen molar-refractivity contribution in [1.82, 2.24) is 15.8 Å². The van der Waals surface area contributed by atoms with E-state index in [1.54, 1.807) is 5.38 Å². The number of rotatable bonds is 4. The Balaban J connectivity index is 1.57. The molecule has 0 spiro atoms. The number of aryl methyl sites for hydroxylation is 1. The SMILES string of the molecule is CCc1ccc(-c2nc(C(=O)NNC(=O)C3CCCCC3)cs2)cc1.